The van der Waals surface area contributed by atoms with Gasteiger partial charge in [0.1, 0.15) is 5.84 Å². The predicted octanol–water partition coefficient (Wildman–Crippen LogP) is 5.52. The molecule has 3 aromatic rings. The molecule has 40 heavy (non-hydrogen) atoms. The maximum Gasteiger partial charge on any atom is 0.315 e. The molecule has 0 atom stereocenters. The number of carbonyl (C=O) groups is 1. The van der Waals surface area contributed by atoms with Crippen LogP contribution in [0, 0.1) is 0 Å². The Kier molecular flexibility index (Phi) is 11.9. The number of amidine groups is 1. The number of ether oxygens (including phenoxy) is 3. The number of anilines is 2. The number of nitrogens with zero attached hydrogens (tertiary/aromatic N) is 2. The summed E-state index contributed by atoms with van der Waals surface area (Å²) in [5, 5.41) is 12.3. The number of carbonyl (C=O) groups excluding carboxylic acids is 1. The number of benzene rings is 2. The molecular weight excluding hydrogens is 508 g/mol. The van der Waals surface area contributed by atoms with Crippen molar-refractivity contribution in [2.75, 3.05) is 45.1 Å². The number of aryl methyl sites for hydroxylation is 1. The van der Waals surface area contributed by atoms with Crippen LogP contribution in [0.4, 0.5) is 22.0 Å². The third-order valence-electron chi connectivity index (χ3n) is 6.01. The molecule has 10 nitrogen and oxygen atoms in total. The van der Waals surface area contributed by atoms with Crippen LogP contribution in [-0.2, 0) is 13.0 Å². The van der Waals surface area contributed by atoms with E-state index in [4.69, 9.17) is 19.2 Å². The second kappa shape index (κ2) is 15.8. The van der Waals surface area contributed by atoms with Crippen molar-refractivity contribution < 1.29 is 19.0 Å². The fraction of sp³-hybridized carbons (Fsp3) is 0.367. The predicted molar refractivity (Wildman–Crippen MR) is 161 cm³/mol. The van der Waals surface area contributed by atoms with E-state index in [0.29, 0.717) is 47.7 Å². The summed E-state index contributed by atoms with van der Waals surface area (Å²) >= 11 is 0. The standard InChI is InChI=1S/C30H40N6O4/c1-6-31-25-16-15-23(20-33-30(37)32-17-11-10-14-22-12-8-7-9-13-22)36-29(25)35-21(2)34-24-18-26(38-3)28(40-5)27(19-24)39-4/h7-9,12-13,15-16,18-19,31H,6,10-11,14,17,20H2,1-5H3,(H2,32,33,37)(H,34,35,36). The maximum absolute atomic E-state index is 12.3. The van der Waals surface area contributed by atoms with Gasteiger partial charge in [0.2, 0.25) is 5.75 Å². The average molecular weight is 549 g/mol. The first kappa shape index (κ1) is 30.1. The fourth-order valence-electron chi connectivity index (χ4n) is 4.08. The van der Waals surface area contributed by atoms with E-state index < -0.39 is 0 Å². The van der Waals surface area contributed by atoms with Gasteiger partial charge in [-0.25, -0.2) is 14.8 Å². The topological polar surface area (TPSA) is 118 Å². The van der Waals surface area contributed by atoms with Crippen molar-refractivity contribution in [1.82, 2.24) is 15.6 Å². The second-order valence-electron chi connectivity index (χ2n) is 8.99. The first-order valence-electron chi connectivity index (χ1n) is 13.4. The minimum absolute atomic E-state index is 0.220. The number of nitrogens with one attached hydrogen (secondary N) is 4. The van der Waals surface area contributed by atoms with Crippen molar-refractivity contribution in [1.29, 1.82) is 0 Å². The molecule has 1 aromatic heterocycles. The summed E-state index contributed by atoms with van der Waals surface area (Å²) in [6.07, 6.45) is 2.93. The second-order valence-corrected chi connectivity index (χ2v) is 8.99. The molecule has 0 spiro atoms. The summed E-state index contributed by atoms with van der Waals surface area (Å²) in [4.78, 5) is 21.7. The van der Waals surface area contributed by atoms with Gasteiger partial charge in [-0.15, -0.1) is 0 Å². The van der Waals surface area contributed by atoms with Crippen molar-refractivity contribution in [3.05, 3.63) is 65.9 Å². The van der Waals surface area contributed by atoms with Crippen LogP contribution in [0.15, 0.2) is 59.6 Å². The Balaban J connectivity index is 1.59. The average Bonchev–Trinajstić information content (AvgIpc) is 2.97. The molecule has 0 aliphatic carbocycles. The van der Waals surface area contributed by atoms with Gasteiger partial charge in [-0.1, -0.05) is 30.3 Å². The monoisotopic (exact) mass is 548 g/mol. The van der Waals surface area contributed by atoms with Crippen LogP contribution in [0.2, 0.25) is 0 Å². The number of amides is 2. The van der Waals surface area contributed by atoms with E-state index in [0.717, 1.165) is 30.6 Å². The number of rotatable bonds is 14. The maximum atomic E-state index is 12.3. The molecule has 3 rings (SSSR count). The highest BCUT2D eigenvalue weighted by molar-refractivity contribution is 5.96. The van der Waals surface area contributed by atoms with Crippen molar-refractivity contribution >= 4 is 29.1 Å². The Labute approximate surface area is 236 Å². The van der Waals surface area contributed by atoms with Crippen molar-refractivity contribution in [3.63, 3.8) is 0 Å². The van der Waals surface area contributed by atoms with Crippen LogP contribution in [-0.4, -0.2) is 51.3 Å². The summed E-state index contributed by atoms with van der Waals surface area (Å²) in [5.41, 5.74) is 3.52. The summed E-state index contributed by atoms with van der Waals surface area (Å²) < 4.78 is 16.3. The third kappa shape index (κ3) is 9.07. The molecule has 2 aromatic carbocycles. The molecule has 0 saturated carbocycles. The van der Waals surface area contributed by atoms with E-state index in [-0.39, 0.29) is 12.6 Å². The number of hydrogen-bond acceptors (Lipinski definition) is 7. The molecule has 0 fully saturated rings. The van der Waals surface area contributed by atoms with Crippen LogP contribution in [0.1, 0.15) is 37.9 Å². The third-order valence-corrected chi connectivity index (χ3v) is 6.01. The van der Waals surface area contributed by atoms with E-state index >= 15 is 0 Å². The van der Waals surface area contributed by atoms with Crippen LogP contribution < -0.4 is 35.5 Å². The molecule has 0 unspecified atom stereocenters. The fourth-order valence-corrected chi connectivity index (χ4v) is 4.08. The van der Waals surface area contributed by atoms with E-state index in [1.54, 1.807) is 33.5 Å². The number of aromatic nitrogens is 1. The quantitative estimate of drug-likeness (QED) is 0.119. The smallest absolute Gasteiger partial charge is 0.315 e. The van der Waals surface area contributed by atoms with Gasteiger partial charge in [-0.2, -0.15) is 0 Å². The highest BCUT2D eigenvalue weighted by atomic mass is 16.5. The van der Waals surface area contributed by atoms with Gasteiger partial charge in [-0.3, -0.25) is 0 Å². The molecule has 10 heteroatoms. The first-order chi connectivity index (χ1) is 19.5. The molecule has 0 saturated heterocycles. The van der Waals surface area contributed by atoms with Crippen molar-refractivity contribution in [2.24, 2.45) is 4.99 Å². The summed E-state index contributed by atoms with van der Waals surface area (Å²) in [7, 11) is 4.70. The Bertz CT molecular complexity index is 1240. The lowest BCUT2D eigenvalue weighted by molar-refractivity contribution is 0.240. The number of pyridine rings is 1. The molecular formula is C30H40N6O4. The Morgan fingerprint density at radius 1 is 0.925 bits per heavy atom. The summed E-state index contributed by atoms with van der Waals surface area (Å²) in [5.74, 6) is 2.70. The lowest BCUT2D eigenvalue weighted by atomic mass is 10.1. The Morgan fingerprint density at radius 2 is 1.65 bits per heavy atom. The summed E-state index contributed by atoms with van der Waals surface area (Å²) in [6.45, 7) is 5.47. The number of methoxy groups -OCH3 is 3. The van der Waals surface area contributed by atoms with Crippen molar-refractivity contribution in [2.45, 2.75) is 39.7 Å². The van der Waals surface area contributed by atoms with E-state index in [9.17, 15) is 4.79 Å². The van der Waals surface area contributed by atoms with Gasteiger partial charge >= 0.3 is 6.03 Å². The molecule has 4 N–H and O–H groups in total. The number of aliphatic imine (C=N–C) groups is 1. The van der Waals surface area contributed by atoms with E-state index in [1.165, 1.54) is 5.56 Å². The Morgan fingerprint density at radius 3 is 2.30 bits per heavy atom. The highest BCUT2D eigenvalue weighted by Gasteiger charge is 2.14. The highest BCUT2D eigenvalue weighted by Crippen LogP contribution is 2.40. The number of unbranched alkanes of at least 4 members (excludes halogenated alkanes) is 1. The zero-order valence-corrected chi connectivity index (χ0v) is 24.0. The van der Waals surface area contributed by atoms with Gasteiger partial charge in [0.25, 0.3) is 0 Å². The van der Waals surface area contributed by atoms with Gasteiger partial charge < -0.3 is 35.5 Å². The lowest BCUT2D eigenvalue weighted by Gasteiger charge is -2.15. The minimum Gasteiger partial charge on any atom is -0.493 e. The number of urea groups is 1. The lowest BCUT2D eigenvalue weighted by Crippen LogP contribution is -2.35. The zero-order chi connectivity index (χ0) is 28.7. The van der Waals surface area contributed by atoms with Crippen LogP contribution >= 0.6 is 0 Å². The van der Waals surface area contributed by atoms with Crippen LogP contribution in [0.25, 0.3) is 0 Å². The van der Waals surface area contributed by atoms with Crippen LogP contribution in [0.5, 0.6) is 17.2 Å². The first-order valence-corrected chi connectivity index (χ1v) is 13.4. The van der Waals surface area contributed by atoms with Gasteiger partial charge in [0, 0.05) is 30.9 Å². The molecule has 0 radical (unpaired) electrons. The van der Waals surface area contributed by atoms with E-state index in [1.807, 2.05) is 44.2 Å². The van der Waals surface area contributed by atoms with Crippen LogP contribution in [0.3, 0.4) is 0 Å². The molecule has 1 heterocycles. The SMILES string of the molecule is CCNc1ccc(CNC(=O)NCCCCc2ccccc2)nc1N=C(C)Nc1cc(OC)c(OC)c(OC)c1. The molecule has 0 bridgehead atoms. The largest absolute Gasteiger partial charge is 0.493 e. The van der Waals surface area contributed by atoms with Gasteiger partial charge in [-0.05, 0) is 50.8 Å². The molecule has 214 valence electrons. The Hall–Kier alpha value is -4.47. The van der Waals surface area contributed by atoms with Crippen molar-refractivity contribution in [3.8, 4) is 17.2 Å². The zero-order valence-electron chi connectivity index (χ0n) is 24.0. The van der Waals surface area contributed by atoms with E-state index in [2.05, 4.69) is 38.4 Å². The summed E-state index contributed by atoms with van der Waals surface area (Å²) in [6, 6.07) is 17.5. The number of hydrogen-bond donors (Lipinski definition) is 4. The normalized spacial score (nSPS) is 11.0. The van der Waals surface area contributed by atoms with Gasteiger partial charge in [0.15, 0.2) is 17.3 Å². The van der Waals surface area contributed by atoms with Gasteiger partial charge in [0.05, 0.1) is 39.3 Å². The molecule has 0 aliphatic heterocycles. The minimum atomic E-state index is -0.220. The molecule has 0 aliphatic rings. The molecule has 2 amide bonds.